The monoisotopic (exact) mass is 388 g/mol. The van der Waals surface area contributed by atoms with Gasteiger partial charge in [-0.15, -0.1) is 0 Å². The van der Waals surface area contributed by atoms with Gasteiger partial charge >= 0.3 is 24.3 Å². The summed E-state index contributed by atoms with van der Waals surface area (Å²) in [5, 5.41) is 17.7. The molecular formula is C12H10F6N4O4. The van der Waals surface area contributed by atoms with Crippen molar-refractivity contribution in [3.8, 4) is 0 Å². The van der Waals surface area contributed by atoms with Gasteiger partial charge < -0.3 is 9.84 Å². The van der Waals surface area contributed by atoms with Crippen molar-refractivity contribution in [2.24, 2.45) is 0 Å². The third-order valence-corrected chi connectivity index (χ3v) is 2.57. The summed E-state index contributed by atoms with van der Waals surface area (Å²) in [6, 6.07) is 0. The van der Waals surface area contributed by atoms with E-state index in [1.165, 1.54) is 6.92 Å². The second kappa shape index (κ2) is 7.88. The SMILES string of the molecule is CCOC(=O)c1cn[nH]c1C(F)(F)F.O=C(O)c1cn[nH]c1C(F)(F)F. The fraction of sp³-hybridized carbons (Fsp3) is 0.333. The first kappa shape index (κ1) is 21.0. The van der Waals surface area contributed by atoms with Crippen LogP contribution in [0.15, 0.2) is 12.4 Å². The standard InChI is InChI=1S/C7H7F3N2O2.C5H3F3N2O2/c1-2-14-6(13)4-3-11-12-5(4)7(8,9)10;6-5(7,8)3-2(4(11)12)1-9-10-3/h3H,2H2,1H3,(H,11,12);1H,(H,9,10)(H,11,12). The van der Waals surface area contributed by atoms with E-state index in [1.54, 1.807) is 10.2 Å². The van der Waals surface area contributed by atoms with Gasteiger partial charge in [-0.05, 0) is 6.92 Å². The maximum absolute atomic E-state index is 12.2. The summed E-state index contributed by atoms with van der Waals surface area (Å²) in [5.74, 6) is -2.69. The van der Waals surface area contributed by atoms with Crippen LogP contribution in [0.2, 0.25) is 0 Å². The molecule has 2 rings (SSSR count). The summed E-state index contributed by atoms with van der Waals surface area (Å²) in [6.07, 6.45) is -7.92. The van der Waals surface area contributed by atoms with Crippen LogP contribution < -0.4 is 0 Å². The van der Waals surface area contributed by atoms with Crippen LogP contribution in [-0.4, -0.2) is 44.0 Å². The Hall–Kier alpha value is -3.06. The van der Waals surface area contributed by atoms with E-state index < -0.39 is 46.8 Å². The number of aromatic amines is 2. The van der Waals surface area contributed by atoms with E-state index in [2.05, 4.69) is 14.9 Å². The molecule has 0 bridgehead atoms. The van der Waals surface area contributed by atoms with E-state index >= 15 is 0 Å². The highest BCUT2D eigenvalue weighted by molar-refractivity contribution is 5.90. The predicted octanol–water partition coefficient (Wildman–Crippen LogP) is 2.73. The molecule has 0 aliphatic rings. The maximum atomic E-state index is 12.2. The van der Waals surface area contributed by atoms with Crippen LogP contribution in [-0.2, 0) is 17.1 Å². The number of carbonyl (C=O) groups excluding carboxylic acids is 1. The summed E-state index contributed by atoms with van der Waals surface area (Å²) in [5.41, 5.74) is -3.99. The lowest BCUT2D eigenvalue weighted by Gasteiger charge is -2.05. The first-order chi connectivity index (χ1) is 11.9. The lowest BCUT2D eigenvalue weighted by molar-refractivity contribution is -0.142. The molecule has 0 spiro atoms. The summed E-state index contributed by atoms with van der Waals surface area (Å²) in [6.45, 7) is 1.52. The van der Waals surface area contributed by atoms with Gasteiger partial charge in [-0.25, -0.2) is 9.59 Å². The van der Waals surface area contributed by atoms with Crippen LogP contribution in [0.3, 0.4) is 0 Å². The van der Waals surface area contributed by atoms with Crippen LogP contribution >= 0.6 is 0 Å². The molecule has 2 aromatic rings. The van der Waals surface area contributed by atoms with Crippen molar-refractivity contribution in [3.63, 3.8) is 0 Å². The van der Waals surface area contributed by atoms with Crippen LogP contribution in [0.5, 0.6) is 0 Å². The van der Waals surface area contributed by atoms with Crippen molar-refractivity contribution in [1.29, 1.82) is 0 Å². The molecule has 144 valence electrons. The summed E-state index contributed by atoms with van der Waals surface area (Å²) < 4.78 is 76.8. The van der Waals surface area contributed by atoms with Gasteiger partial charge in [0.05, 0.1) is 19.0 Å². The highest BCUT2D eigenvalue weighted by atomic mass is 19.4. The lowest BCUT2D eigenvalue weighted by atomic mass is 10.2. The molecule has 0 unspecified atom stereocenters. The molecule has 0 aromatic carbocycles. The fourth-order valence-electron chi connectivity index (χ4n) is 1.53. The average molecular weight is 388 g/mol. The van der Waals surface area contributed by atoms with Gasteiger partial charge in [0.1, 0.15) is 11.1 Å². The Morgan fingerprint density at radius 2 is 1.42 bits per heavy atom. The van der Waals surface area contributed by atoms with Gasteiger partial charge in [0, 0.05) is 0 Å². The van der Waals surface area contributed by atoms with Crippen molar-refractivity contribution in [1.82, 2.24) is 20.4 Å². The van der Waals surface area contributed by atoms with Gasteiger partial charge in [0.2, 0.25) is 0 Å². The molecule has 0 aliphatic heterocycles. The number of aromatic carboxylic acids is 1. The number of alkyl halides is 6. The molecule has 2 heterocycles. The first-order valence-corrected chi connectivity index (χ1v) is 6.51. The number of carbonyl (C=O) groups is 2. The molecule has 0 amide bonds. The van der Waals surface area contributed by atoms with Crippen LogP contribution in [0.25, 0.3) is 0 Å². The molecule has 3 N–H and O–H groups in total. The normalized spacial score (nSPS) is 11.5. The van der Waals surface area contributed by atoms with Crippen molar-refractivity contribution < 1.29 is 45.8 Å². The number of nitrogens with zero attached hydrogens (tertiary/aromatic N) is 2. The van der Waals surface area contributed by atoms with Crippen molar-refractivity contribution in [3.05, 3.63) is 34.9 Å². The van der Waals surface area contributed by atoms with E-state index in [0.29, 0.717) is 6.20 Å². The molecule has 0 saturated carbocycles. The zero-order valence-corrected chi connectivity index (χ0v) is 12.7. The second-order valence-corrected chi connectivity index (χ2v) is 4.34. The zero-order valence-electron chi connectivity index (χ0n) is 12.7. The number of hydrogen-bond donors (Lipinski definition) is 3. The topological polar surface area (TPSA) is 121 Å². The molecule has 26 heavy (non-hydrogen) atoms. The van der Waals surface area contributed by atoms with E-state index in [0.717, 1.165) is 6.20 Å². The lowest BCUT2D eigenvalue weighted by Crippen LogP contribution is -2.14. The first-order valence-electron chi connectivity index (χ1n) is 6.51. The molecule has 2 aromatic heterocycles. The van der Waals surface area contributed by atoms with E-state index in [-0.39, 0.29) is 6.61 Å². The van der Waals surface area contributed by atoms with Crippen LogP contribution in [0.1, 0.15) is 39.0 Å². The second-order valence-electron chi connectivity index (χ2n) is 4.34. The largest absolute Gasteiger partial charge is 0.478 e. The van der Waals surface area contributed by atoms with Gasteiger partial charge in [-0.1, -0.05) is 0 Å². The Bertz CT molecular complexity index is 764. The number of carboxylic acids is 1. The number of aromatic nitrogens is 4. The molecule has 0 aliphatic carbocycles. The minimum Gasteiger partial charge on any atom is -0.478 e. The number of halogens is 6. The highest BCUT2D eigenvalue weighted by Gasteiger charge is 2.38. The molecular weight excluding hydrogens is 378 g/mol. The predicted molar refractivity (Wildman–Crippen MR) is 70.1 cm³/mol. The highest BCUT2D eigenvalue weighted by Crippen LogP contribution is 2.30. The Labute approximate surface area is 140 Å². The Morgan fingerprint density at radius 1 is 1.00 bits per heavy atom. The van der Waals surface area contributed by atoms with Gasteiger partial charge in [0.15, 0.2) is 11.4 Å². The van der Waals surface area contributed by atoms with Crippen LogP contribution in [0.4, 0.5) is 26.3 Å². The Kier molecular flexibility index (Phi) is 6.36. The van der Waals surface area contributed by atoms with Crippen molar-refractivity contribution in [2.75, 3.05) is 6.61 Å². The number of rotatable bonds is 3. The molecule has 0 atom stereocenters. The number of nitrogens with one attached hydrogen (secondary N) is 2. The van der Waals surface area contributed by atoms with E-state index in [1.807, 2.05) is 0 Å². The van der Waals surface area contributed by atoms with E-state index in [4.69, 9.17) is 5.11 Å². The van der Waals surface area contributed by atoms with Crippen molar-refractivity contribution in [2.45, 2.75) is 19.3 Å². The Morgan fingerprint density at radius 3 is 1.77 bits per heavy atom. The minimum atomic E-state index is -4.70. The van der Waals surface area contributed by atoms with E-state index in [9.17, 15) is 35.9 Å². The third kappa shape index (κ3) is 5.22. The maximum Gasteiger partial charge on any atom is 0.433 e. The molecule has 0 radical (unpaired) electrons. The number of esters is 1. The summed E-state index contributed by atoms with van der Waals surface area (Å²) in [7, 11) is 0. The van der Waals surface area contributed by atoms with Crippen LogP contribution in [0, 0.1) is 0 Å². The number of ether oxygens (including phenoxy) is 1. The summed E-state index contributed by atoms with van der Waals surface area (Å²) in [4.78, 5) is 21.2. The quantitative estimate of drug-likeness (QED) is 0.549. The smallest absolute Gasteiger partial charge is 0.433 e. The van der Waals surface area contributed by atoms with Crippen molar-refractivity contribution >= 4 is 11.9 Å². The third-order valence-electron chi connectivity index (χ3n) is 2.57. The Balaban J connectivity index is 0.000000263. The fourth-order valence-corrected chi connectivity index (χ4v) is 1.53. The zero-order chi connectivity index (χ0) is 20.1. The number of H-pyrrole nitrogens is 2. The van der Waals surface area contributed by atoms with Gasteiger partial charge in [-0.3, -0.25) is 10.2 Å². The van der Waals surface area contributed by atoms with Gasteiger partial charge in [0.25, 0.3) is 0 Å². The molecule has 14 heteroatoms. The average Bonchev–Trinajstić information content (AvgIpc) is 3.16. The molecule has 0 fully saturated rings. The summed E-state index contributed by atoms with van der Waals surface area (Å²) >= 11 is 0. The number of carboxylic acid groups (broad SMARTS) is 1. The van der Waals surface area contributed by atoms with Gasteiger partial charge in [-0.2, -0.15) is 36.5 Å². The number of hydrogen-bond acceptors (Lipinski definition) is 5. The minimum absolute atomic E-state index is 0.0152. The molecule has 8 nitrogen and oxygen atoms in total. The molecule has 0 saturated heterocycles.